The highest BCUT2D eigenvalue weighted by atomic mass is 19.4. The van der Waals surface area contributed by atoms with Gasteiger partial charge in [0.15, 0.2) is 5.82 Å². The van der Waals surface area contributed by atoms with Crippen LogP contribution in [0.15, 0.2) is 66.7 Å². The summed E-state index contributed by atoms with van der Waals surface area (Å²) in [5.74, 6) is -0.0942. The molecule has 5 rings (SSSR count). The molecular weight excluding hydrogens is 495 g/mol. The van der Waals surface area contributed by atoms with Crippen molar-refractivity contribution >= 4 is 33.9 Å². The number of alkyl halides is 3. The summed E-state index contributed by atoms with van der Waals surface area (Å²) in [5.41, 5.74) is 1.80. The molecule has 1 aliphatic rings. The minimum absolute atomic E-state index is 0.281. The van der Waals surface area contributed by atoms with Gasteiger partial charge in [0.05, 0.1) is 18.2 Å². The zero-order valence-corrected chi connectivity index (χ0v) is 20.9. The number of nitrogens with zero attached hydrogens (tertiary/aromatic N) is 4. The van der Waals surface area contributed by atoms with Crippen molar-refractivity contribution in [1.29, 1.82) is 0 Å². The van der Waals surface area contributed by atoms with Gasteiger partial charge in [-0.3, -0.25) is 0 Å². The topological polar surface area (TPSA) is 70.6 Å². The lowest BCUT2D eigenvalue weighted by atomic mass is 10.0. The molecule has 0 spiro atoms. The third-order valence-electron chi connectivity index (χ3n) is 6.64. The second kappa shape index (κ2) is 10.3. The maximum absolute atomic E-state index is 13.8. The molecule has 0 unspecified atom stereocenters. The molecule has 0 radical (unpaired) electrons. The van der Waals surface area contributed by atoms with E-state index in [1.165, 1.54) is 13.2 Å². The van der Waals surface area contributed by atoms with Gasteiger partial charge in [-0.05, 0) is 37.4 Å². The average Bonchev–Trinajstić information content (AvgIpc) is 2.93. The van der Waals surface area contributed by atoms with Crippen molar-refractivity contribution in [2.45, 2.75) is 6.18 Å². The van der Waals surface area contributed by atoms with E-state index in [1.54, 1.807) is 30.3 Å². The summed E-state index contributed by atoms with van der Waals surface area (Å²) in [4.78, 5) is 15.9. The number of esters is 1. The minimum Gasteiger partial charge on any atom is -0.465 e. The van der Waals surface area contributed by atoms with Crippen LogP contribution in [-0.4, -0.2) is 61.4 Å². The molecule has 10 heteroatoms. The van der Waals surface area contributed by atoms with Gasteiger partial charge in [0.2, 0.25) is 0 Å². The lowest BCUT2D eigenvalue weighted by molar-refractivity contribution is -0.137. The van der Waals surface area contributed by atoms with Gasteiger partial charge in [-0.1, -0.05) is 36.4 Å². The van der Waals surface area contributed by atoms with E-state index in [9.17, 15) is 18.0 Å². The van der Waals surface area contributed by atoms with Crippen molar-refractivity contribution in [1.82, 2.24) is 15.1 Å². The van der Waals surface area contributed by atoms with Gasteiger partial charge in [0, 0.05) is 53.9 Å². The van der Waals surface area contributed by atoms with Crippen molar-refractivity contribution in [2.24, 2.45) is 0 Å². The molecule has 1 saturated heterocycles. The van der Waals surface area contributed by atoms with Crippen LogP contribution in [0.4, 0.5) is 30.4 Å². The highest BCUT2D eigenvalue weighted by Crippen LogP contribution is 2.37. The molecule has 0 saturated carbocycles. The van der Waals surface area contributed by atoms with Crippen LogP contribution in [0.2, 0.25) is 0 Å². The molecule has 7 nitrogen and oxygen atoms in total. The highest BCUT2D eigenvalue weighted by Gasteiger charge is 2.32. The molecule has 1 aliphatic heterocycles. The van der Waals surface area contributed by atoms with E-state index in [1.807, 2.05) is 36.2 Å². The number of hydrogen-bond donors (Lipinski definition) is 1. The van der Waals surface area contributed by atoms with E-state index in [0.29, 0.717) is 41.2 Å². The van der Waals surface area contributed by atoms with Crippen molar-refractivity contribution in [3.05, 3.63) is 77.9 Å². The predicted molar refractivity (Wildman–Crippen MR) is 141 cm³/mol. The maximum atomic E-state index is 13.8. The summed E-state index contributed by atoms with van der Waals surface area (Å²) < 4.78 is 46.2. The Morgan fingerprint density at radius 1 is 0.921 bits per heavy atom. The van der Waals surface area contributed by atoms with Gasteiger partial charge in [-0.15, -0.1) is 10.2 Å². The van der Waals surface area contributed by atoms with E-state index in [0.717, 1.165) is 30.1 Å². The Morgan fingerprint density at radius 2 is 1.61 bits per heavy atom. The third-order valence-corrected chi connectivity index (χ3v) is 6.64. The van der Waals surface area contributed by atoms with Crippen LogP contribution < -0.4 is 10.2 Å². The fourth-order valence-corrected chi connectivity index (χ4v) is 4.52. The third kappa shape index (κ3) is 5.26. The lowest BCUT2D eigenvalue weighted by Crippen LogP contribution is -2.44. The average molecular weight is 522 g/mol. The van der Waals surface area contributed by atoms with E-state index in [4.69, 9.17) is 4.74 Å². The van der Waals surface area contributed by atoms with Gasteiger partial charge >= 0.3 is 12.1 Å². The molecule has 196 valence electrons. The number of piperazine rings is 1. The second-order valence-corrected chi connectivity index (χ2v) is 9.19. The molecule has 2 heterocycles. The lowest BCUT2D eigenvalue weighted by Gasteiger charge is -2.34. The Hall–Kier alpha value is -4.18. The Labute approximate surface area is 217 Å². The summed E-state index contributed by atoms with van der Waals surface area (Å²) in [5, 5.41) is 13.3. The van der Waals surface area contributed by atoms with Gasteiger partial charge in [-0.2, -0.15) is 13.2 Å². The number of methoxy groups -OCH3 is 1. The first kappa shape index (κ1) is 25.5. The summed E-state index contributed by atoms with van der Waals surface area (Å²) in [6, 6.07) is 18.2. The Morgan fingerprint density at radius 3 is 2.26 bits per heavy atom. The number of rotatable bonds is 5. The van der Waals surface area contributed by atoms with Crippen LogP contribution in [-0.2, 0) is 10.9 Å². The van der Waals surface area contributed by atoms with E-state index in [-0.39, 0.29) is 5.69 Å². The van der Waals surface area contributed by atoms with E-state index >= 15 is 0 Å². The predicted octanol–water partition coefficient (Wildman–Crippen LogP) is 5.60. The first-order chi connectivity index (χ1) is 18.2. The van der Waals surface area contributed by atoms with Crippen molar-refractivity contribution in [2.75, 3.05) is 50.6 Å². The largest absolute Gasteiger partial charge is 0.465 e. The van der Waals surface area contributed by atoms with Crippen LogP contribution in [0, 0.1) is 0 Å². The Balaban J connectivity index is 1.52. The van der Waals surface area contributed by atoms with Crippen LogP contribution in [0.3, 0.4) is 0 Å². The molecule has 0 atom stereocenters. The fourth-order valence-electron chi connectivity index (χ4n) is 4.52. The van der Waals surface area contributed by atoms with Crippen LogP contribution >= 0.6 is 0 Å². The fraction of sp³-hybridized carbons (Fsp3) is 0.250. The Bertz CT molecular complexity index is 1470. The SMILES string of the molecule is COC(=O)c1ccc(-c2nnc(Nc3cc(N4CCN(C)CC4)cc(C(F)(F)F)c3)c3ccccc23)cc1. The molecule has 4 aromatic rings. The number of hydrogen-bond acceptors (Lipinski definition) is 7. The monoisotopic (exact) mass is 521 g/mol. The number of aromatic nitrogens is 2. The first-order valence-electron chi connectivity index (χ1n) is 12.1. The summed E-state index contributed by atoms with van der Waals surface area (Å²) in [7, 11) is 3.32. The number of likely N-dealkylation sites (N-methyl/N-ethyl adjacent to an activating group) is 1. The molecule has 0 aliphatic carbocycles. The summed E-state index contributed by atoms with van der Waals surface area (Å²) in [6.07, 6.45) is -4.49. The molecule has 0 bridgehead atoms. The van der Waals surface area contributed by atoms with E-state index in [2.05, 4.69) is 20.4 Å². The maximum Gasteiger partial charge on any atom is 0.416 e. The number of benzene rings is 3. The molecule has 1 fully saturated rings. The standard InChI is InChI=1S/C28H26F3N5O2/c1-35-11-13-36(14-12-35)22-16-20(28(29,30)31)15-21(17-22)32-26-24-6-4-3-5-23(24)25(33-34-26)18-7-9-19(10-8-18)27(37)38-2/h3-10,15-17H,11-14H2,1-2H3,(H,32,34). The highest BCUT2D eigenvalue weighted by molar-refractivity contribution is 6.01. The van der Waals surface area contributed by atoms with Gasteiger partial charge < -0.3 is 19.9 Å². The van der Waals surface area contributed by atoms with Crippen molar-refractivity contribution < 1.29 is 22.7 Å². The van der Waals surface area contributed by atoms with Gasteiger partial charge in [0.1, 0.15) is 5.69 Å². The molecule has 38 heavy (non-hydrogen) atoms. The Kier molecular flexibility index (Phi) is 6.90. The molecule has 0 amide bonds. The molecule has 1 N–H and O–H groups in total. The molecule has 1 aromatic heterocycles. The summed E-state index contributed by atoms with van der Waals surface area (Å²) >= 11 is 0. The number of anilines is 3. The zero-order valence-electron chi connectivity index (χ0n) is 20.9. The number of halogens is 3. The second-order valence-electron chi connectivity index (χ2n) is 9.19. The van der Waals surface area contributed by atoms with Crippen LogP contribution in [0.5, 0.6) is 0 Å². The van der Waals surface area contributed by atoms with Crippen LogP contribution in [0.25, 0.3) is 22.0 Å². The normalized spacial score (nSPS) is 14.5. The van der Waals surface area contributed by atoms with Crippen molar-refractivity contribution in [3.8, 4) is 11.3 Å². The number of fused-ring (bicyclic) bond motifs is 1. The number of carbonyl (C=O) groups excluding carboxylic acids is 1. The first-order valence-corrected chi connectivity index (χ1v) is 12.1. The van der Waals surface area contributed by atoms with Gasteiger partial charge in [-0.25, -0.2) is 4.79 Å². The quantitative estimate of drug-likeness (QED) is 0.343. The minimum atomic E-state index is -4.49. The van der Waals surface area contributed by atoms with Crippen LogP contribution in [0.1, 0.15) is 15.9 Å². The van der Waals surface area contributed by atoms with Crippen molar-refractivity contribution in [3.63, 3.8) is 0 Å². The smallest absolute Gasteiger partial charge is 0.416 e. The molecule has 3 aromatic carbocycles. The van der Waals surface area contributed by atoms with Gasteiger partial charge in [0.25, 0.3) is 0 Å². The van der Waals surface area contributed by atoms with E-state index < -0.39 is 17.7 Å². The summed E-state index contributed by atoms with van der Waals surface area (Å²) in [6.45, 7) is 2.83. The number of ether oxygens (including phenoxy) is 1. The zero-order chi connectivity index (χ0) is 26.9. The molecular formula is C28H26F3N5O2. The number of carbonyl (C=O) groups is 1. The number of nitrogens with one attached hydrogen (secondary N) is 1.